The fraction of sp³-hybridized carbons (Fsp3) is 0.308. The SMILES string of the molecule is CCOC(=O)C(OS(=O)(=O)c1ccc(C)cc1)=C(C)F. The third-order valence-corrected chi connectivity index (χ3v) is 3.51. The van der Waals surface area contributed by atoms with E-state index in [9.17, 15) is 17.6 Å². The molecule has 0 fully saturated rings. The van der Waals surface area contributed by atoms with Gasteiger partial charge < -0.3 is 8.92 Å². The summed E-state index contributed by atoms with van der Waals surface area (Å²) in [5, 5.41) is 0. The number of esters is 1. The third-order valence-electron chi connectivity index (χ3n) is 2.28. The number of rotatable bonds is 5. The first-order valence-corrected chi connectivity index (χ1v) is 7.23. The van der Waals surface area contributed by atoms with Crippen molar-refractivity contribution in [2.24, 2.45) is 0 Å². The van der Waals surface area contributed by atoms with E-state index in [1.807, 2.05) is 0 Å². The van der Waals surface area contributed by atoms with Gasteiger partial charge in [-0.05, 0) is 32.9 Å². The smallest absolute Gasteiger partial charge is 0.378 e. The minimum absolute atomic E-state index is 0.0243. The molecule has 0 N–H and O–H groups in total. The maximum absolute atomic E-state index is 13.2. The molecule has 0 atom stereocenters. The zero-order chi connectivity index (χ0) is 15.3. The second kappa shape index (κ2) is 6.51. The Labute approximate surface area is 117 Å². The number of benzene rings is 1. The number of carbonyl (C=O) groups is 1. The van der Waals surface area contributed by atoms with Gasteiger partial charge in [-0.1, -0.05) is 17.7 Å². The lowest BCUT2D eigenvalue weighted by molar-refractivity contribution is -0.141. The van der Waals surface area contributed by atoms with Crippen molar-refractivity contribution >= 4 is 16.1 Å². The van der Waals surface area contributed by atoms with Crippen LogP contribution < -0.4 is 0 Å². The van der Waals surface area contributed by atoms with Crippen LogP contribution in [0, 0.1) is 6.92 Å². The normalized spacial score (nSPS) is 12.6. The molecule has 0 saturated heterocycles. The highest BCUT2D eigenvalue weighted by atomic mass is 32.2. The van der Waals surface area contributed by atoms with Gasteiger partial charge in [0.2, 0.25) is 0 Å². The van der Waals surface area contributed by atoms with Crippen molar-refractivity contribution < 1.29 is 26.5 Å². The van der Waals surface area contributed by atoms with Gasteiger partial charge in [-0.2, -0.15) is 8.42 Å². The molecule has 0 radical (unpaired) electrons. The van der Waals surface area contributed by atoms with E-state index in [4.69, 9.17) is 0 Å². The van der Waals surface area contributed by atoms with Crippen molar-refractivity contribution in [1.29, 1.82) is 0 Å². The third kappa shape index (κ3) is 4.06. The highest BCUT2D eigenvalue weighted by molar-refractivity contribution is 7.86. The molecule has 0 aliphatic rings. The topological polar surface area (TPSA) is 69.7 Å². The molecule has 0 aliphatic heterocycles. The first kappa shape index (κ1) is 16.2. The summed E-state index contributed by atoms with van der Waals surface area (Å²) in [6.07, 6.45) is 0. The Morgan fingerprint density at radius 3 is 2.25 bits per heavy atom. The highest BCUT2D eigenvalue weighted by Gasteiger charge is 2.25. The number of allylic oxidation sites excluding steroid dienone is 1. The monoisotopic (exact) mass is 302 g/mol. The molecule has 0 aliphatic carbocycles. The molecule has 1 aromatic rings. The van der Waals surface area contributed by atoms with Crippen molar-refractivity contribution in [3.8, 4) is 0 Å². The Kier molecular flexibility index (Phi) is 5.26. The summed E-state index contributed by atoms with van der Waals surface area (Å²) in [5.74, 6) is -3.20. The van der Waals surface area contributed by atoms with Crippen LogP contribution in [0.2, 0.25) is 0 Å². The highest BCUT2D eigenvalue weighted by Crippen LogP contribution is 2.20. The summed E-state index contributed by atoms with van der Waals surface area (Å²) in [5.41, 5.74) is 0.854. The molecule has 0 heterocycles. The maximum atomic E-state index is 13.2. The predicted molar refractivity (Wildman–Crippen MR) is 69.9 cm³/mol. The first-order chi connectivity index (χ1) is 9.27. The van der Waals surface area contributed by atoms with E-state index in [1.54, 1.807) is 19.1 Å². The molecule has 0 aromatic heterocycles. The summed E-state index contributed by atoms with van der Waals surface area (Å²) in [4.78, 5) is 11.3. The summed E-state index contributed by atoms with van der Waals surface area (Å²) in [6, 6.07) is 5.74. The second-order valence-electron chi connectivity index (χ2n) is 3.93. The Hall–Kier alpha value is -1.89. The van der Waals surface area contributed by atoms with Gasteiger partial charge in [-0.15, -0.1) is 0 Å². The van der Waals surface area contributed by atoms with E-state index < -0.39 is 27.7 Å². The molecule has 1 rings (SSSR count). The molecule has 0 spiro atoms. The Balaban J connectivity index is 3.08. The van der Waals surface area contributed by atoms with Crippen LogP contribution in [-0.2, 0) is 23.8 Å². The van der Waals surface area contributed by atoms with Crippen LogP contribution >= 0.6 is 0 Å². The number of aryl methyl sites for hydroxylation is 1. The molecule has 0 saturated carbocycles. The molecule has 7 heteroatoms. The van der Waals surface area contributed by atoms with Crippen LogP contribution in [0.4, 0.5) is 4.39 Å². The minimum Gasteiger partial charge on any atom is -0.460 e. The second-order valence-corrected chi connectivity index (χ2v) is 5.48. The lowest BCUT2D eigenvalue weighted by Gasteiger charge is -2.10. The summed E-state index contributed by atoms with van der Waals surface area (Å²) in [6.45, 7) is 4.19. The van der Waals surface area contributed by atoms with E-state index in [2.05, 4.69) is 8.92 Å². The van der Waals surface area contributed by atoms with Gasteiger partial charge in [0.1, 0.15) is 10.7 Å². The van der Waals surface area contributed by atoms with Crippen LogP contribution in [0.15, 0.2) is 40.7 Å². The van der Waals surface area contributed by atoms with E-state index in [-0.39, 0.29) is 11.5 Å². The van der Waals surface area contributed by atoms with Crippen molar-refractivity contribution in [2.45, 2.75) is 25.7 Å². The number of hydrogen-bond acceptors (Lipinski definition) is 5. The maximum Gasteiger partial charge on any atom is 0.378 e. The predicted octanol–water partition coefficient (Wildman–Crippen LogP) is 2.46. The van der Waals surface area contributed by atoms with Crippen LogP contribution in [0.5, 0.6) is 0 Å². The molecule has 0 bridgehead atoms. The average Bonchev–Trinajstić information content (AvgIpc) is 2.36. The molecule has 20 heavy (non-hydrogen) atoms. The minimum atomic E-state index is -4.28. The molecule has 0 amide bonds. The molecule has 0 unspecified atom stereocenters. The van der Waals surface area contributed by atoms with E-state index in [0.29, 0.717) is 0 Å². The fourth-order valence-electron chi connectivity index (χ4n) is 1.29. The fourth-order valence-corrected chi connectivity index (χ4v) is 2.26. The zero-order valence-electron chi connectivity index (χ0n) is 11.3. The largest absolute Gasteiger partial charge is 0.460 e. The van der Waals surface area contributed by atoms with Gasteiger partial charge >= 0.3 is 16.1 Å². The Morgan fingerprint density at radius 2 is 1.80 bits per heavy atom. The number of ether oxygens (including phenoxy) is 1. The average molecular weight is 302 g/mol. The van der Waals surface area contributed by atoms with Gasteiger partial charge in [0.05, 0.1) is 6.61 Å². The van der Waals surface area contributed by atoms with E-state index >= 15 is 0 Å². The zero-order valence-corrected chi connectivity index (χ0v) is 12.2. The molecule has 110 valence electrons. The van der Waals surface area contributed by atoms with Crippen molar-refractivity contribution in [2.75, 3.05) is 6.61 Å². The number of hydrogen-bond donors (Lipinski definition) is 0. The number of halogens is 1. The Morgan fingerprint density at radius 1 is 1.25 bits per heavy atom. The van der Waals surface area contributed by atoms with E-state index in [0.717, 1.165) is 12.5 Å². The Bertz CT molecular complexity index is 613. The quantitative estimate of drug-likeness (QED) is 0.362. The van der Waals surface area contributed by atoms with Gasteiger partial charge in [-0.25, -0.2) is 9.18 Å². The van der Waals surface area contributed by atoms with Crippen LogP contribution in [0.25, 0.3) is 0 Å². The summed E-state index contributed by atoms with van der Waals surface area (Å²) in [7, 11) is -4.28. The van der Waals surface area contributed by atoms with Crippen molar-refractivity contribution in [3.63, 3.8) is 0 Å². The lowest BCUT2D eigenvalue weighted by Crippen LogP contribution is -2.16. The van der Waals surface area contributed by atoms with Gasteiger partial charge in [0.15, 0.2) is 0 Å². The van der Waals surface area contributed by atoms with Crippen LogP contribution in [0.1, 0.15) is 19.4 Å². The summed E-state index contributed by atoms with van der Waals surface area (Å²) >= 11 is 0. The first-order valence-electron chi connectivity index (χ1n) is 5.82. The number of carbonyl (C=O) groups excluding carboxylic acids is 1. The van der Waals surface area contributed by atoms with Gasteiger partial charge in [0, 0.05) is 0 Å². The van der Waals surface area contributed by atoms with E-state index in [1.165, 1.54) is 19.1 Å². The lowest BCUT2D eigenvalue weighted by atomic mass is 10.2. The molecule has 5 nitrogen and oxygen atoms in total. The van der Waals surface area contributed by atoms with Gasteiger partial charge in [0.25, 0.3) is 5.76 Å². The van der Waals surface area contributed by atoms with Gasteiger partial charge in [-0.3, -0.25) is 0 Å². The van der Waals surface area contributed by atoms with Crippen molar-refractivity contribution in [1.82, 2.24) is 0 Å². The summed E-state index contributed by atoms with van der Waals surface area (Å²) < 4.78 is 46.2. The standard InChI is InChI=1S/C13H15FO5S/c1-4-18-13(15)12(10(3)14)19-20(16,17)11-7-5-9(2)6-8-11/h5-8H,4H2,1-3H3. The van der Waals surface area contributed by atoms with Crippen LogP contribution in [0.3, 0.4) is 0 Å². The van der Waals surface area contributed by atoms with Crippen LogP contribution in [-0.4, -0.2) is 21.0 Å². The molecule has 1 aromatic carbocycles. The molecular weight excluding hydrogens is 287 g/mol. The van der Waals surface area contributed by atoms with Crippen molar-refractivity contribution in [3.05, 3.63) is 41.4 Å². The molecular formula is C13H15FO5S.